The van der Waals surface area contributed by atoms with E-state index in [2.05, 4.69) is 0 Å². The molecule has 0 aliphatic heterocycles. The third-order valence-electron chi connectivity index (χ3n) is 2.58. The number of amides is 1. The van der Waals surface area contributed by atoms with E-state index in [9.17, 15) is 4.79 Å². The van der Waals surface area contributed by atoms with Gasteiger partial charge < -0.3 is 15.4 Å². The summed E-state index contributed by atoms with van der Waals surface area (Å²) in [6, 6.07) is 7.49. The second-order valence-electron chi connectivity index (χ2n) is 4.09. The third-order valence-corrected chi connectivity index (χ3v) is 2.79. The van der Waals surface area contributed by atoms with Crippen LogP contribution in [0.4, 0.5) is 0 Å². The topological polar surface area (TPSA) is 55.6 Å². The molecular formula is C14H18N2O2S. The number of carbonyl (C=O) groups excluding carboxylic acids is 1. The van der Waals surface area contributed by atoms with Crippen LogP contribution in [0.2, 0.25) is 0 Å². The molecule has 0 saturated heterocycles. The van der Waals surface area contributed by atoms with Gasteiger partial charge in [-0.3, -0.25) is 4.79 Å². The molecule has 19 heavy (non-hydrogen) atoms. The van der Waals surface area contributed by atoms with Crippen molar-refractivity contribution in [3.63, 3.8) is 0 Å². The average Bonchev–Trinajstić information content (AvgIpc) is 2.42. The van der Waals surface area contributed by atoms with E-state index in [1.54, 1.807) is 25.1 Å². The number of hydrogen-bond donors (Lipinski definition) is 1. The lowest BCUT2D eigenvalue weighted by Gasteiger charge is -2.14. The summed E-state index contributed by atoms with van der Waals surface area (Å²) in [5.74, 6) is 0.676. The summed E-state index contributed by atoms with van der Waals surface area (Å²) in [4.78, 5) is 13.8. The second-order valence-corrected chi connectivity index (χ2v) is 4.61. The minimum Gasteiger partial charge on any atom is -0.497 e. The van der Waals surface area contributed by atoms with Crippen LogP contribution < -0.4 is 10.5 Å². The van der Waals surface area contributed by atoms with Crippen LogP contribution in [0.15, 0.2) is 30.3 Å². The molecule has 0 bridgehead atoms. The van der Waals surface area contributed by atoms with E-state index in [0.717, 1.165) is 11.3 Å². The fraction of sp³-hybridized carbons (Fsp3) is 0.286. The molecule has 1 amide bonds. The molecule has 0 aliphatic rings. The zero-order valence-corrected chi connectivity index (χ0v) is 11.9. The van der Waals surface area contributed by atoms with Gasteiger partial charge in [0.2, 0.25) is 5.91 Å². The van der Waals surface area contributed by atoms with Gasteiger partial charge in [0.05, 0.1) is 12.1 Å². The highest BCUT2D eigenvalue weighted by atomic mass is 32.1. The van der Waals surface area contributed by atoms with Gasteiger partial charge in [0.25, 0.3) is 0 Å². The summed E-state index contributed by atoms with van der Waals surface area (Å²) >= 11 is 4.78. The summed E-state index contributed by atoms with van der Waals surface area (Å²) in [7, 11) is 3.33. The Morgan fingerprint density at radius 2 is 2.26 bits per heavy atom. The van der Waals surface area contributed by atoms with Gasteiger partial charge in [-0.1, -0.05) is 24.4 Å². The highest BCUT2D eigenvalue weighted by Crippen LogP contribution is 2.13. The van der Waals surface area contributed by atoms with E-state index in [1.165, 1.54) is 6.08 Å². The van der Waals surface area contributed by atoms with Crippen LogP contribution in [0.3, 0.4) is 0 Å². The van der Waals surface area contributed by atoms with Crippen molar-refractivity contribution in [2.75, 3.05) is 20.7 Å². The van der Waals surface area contributed by atoms with Crippen molar-refractivity contribution in [2.45, 2.75) is 6.42 Å². The van der Waals surface area contributed by atoms with Crippen molar-refractivity contribution in [3.8, 4) is 5.75 Å². The summed E-state index contributed by atoms with van der Waals surface area (Å²) in [5.41, 5.74) is 6.31. The van der Waals surface area contributed by atoms with Crippen LogP contribution in [0.25, 0.3) is 6.08 Å². The molecule has 0 heterocycles. The van der Waals surface area contributed by atoms with Gasteiger partial charge in [-0.15, -0.1) is 0 Å². The van der Waals surface area contributed by atoms with Crippen molar-refractivity contribution in [3.05, 3.63) is 35.9 Å². The molecule has 0 aliphatic carbocycles. The Balaban J connectivity index is 2.59. The zero-order valence-electron chi connectivity index (χ0n) is 11.1. The van der Waals surface area contributed by atoms with E-state index in [4.69, 9.17) is 22.7 Å². The molecule has 0 atom stereocenters. The third kappa shape index (κ3) is 5.52. The normalized spacial score (nSPS) is 10.4. The maximum atomic E-state index is 11.8. The van der Waals surface area contributed by atoms with Crippen LogP contribution in [0.5, 0.6) is 5.75 Å². The first-order valence-corrected chi connectivity index (χ1v) is 6.29. The molecule has 4 nitrogen and oxygen atoms in total. The smallest absolute Gasteiger partial charge is 0.246 e. The molecule has 102 valence electrons. The molecule has 1 aromatic carbocycles. The largest absolute Gasteiger partial charge is 0.497 e. The highest BCUT2D eigenvalue weighted by Gasteiger charge is 2.04. The standard InChI is InChI=1S/C14H18N2O2S/c1-16(9-8-13(15)19)14(17)7-6-11-4-3-5-12(10-11)18-2/h3-7,10H,8-9H2,1-2H3,(H2,15,19)/b7-6+. The van der Waals surface area contributed by atoms with Crippen molar-refractivity contribution >= 4 is 29.2 Å². The molecule has 0 saturated carbocycles. The highest BCUT2D eigenvalue weighted by molar-refractivity contribution is 7.80. The van der Waals surface area contributed by atoms with Crippen LogP contribution >= 0.6 is 12.2 Å². The average molecular weight is 278 g/mol. The van der Waals surface area contributed by atoms with Crippen LogP contribution in [-0.2, 0) is 4.79 Å². The van der Waals surface area contributed by atoms with E-state index in [0.29, 0.717) is 18.0 Å². The first-order chi connectivity index (χ1) is 9.02. The minimum atomic E-state index is -0.0842. The molecule has 1 rings (SSSR count). The maximum absolute atomic E-state index is 11.8. The van der Waals surface area contributed by atoms with E-state index in [1.807, 2.05) is 24.3 Å². The summed E-state index contributed by atoms with van der Waals surface area (Å²) in [6.45, 7) is 0.524. The monoisotopic (exact) mass is 278 g/mol. The van der Waals surface area contributed by atoms with Gasteiger partial charge in [-0.2, -0.15) is 0 Å². The lowest BCUT2D eigenvalue weighted by molar-refractivity contribution is -0.124. The number of nitrogens with two attached hydrogens (primary N) is 1. The van der Waals surface area contributed by atoms with E-state index >= 15 is 0 Å². The molecule has 1 aromatic rings. The number of hydrogen-bond acceptors (Lipinski definition) is 3. The van der Waals surface area contributed by atoms with E-state index < -0.39 is 0 Å². The fourth-order valence-corrected chi connectivity index (χ4v) is 1.52. The van der Waals surface area contributed by atoms with Gasteiger partial charge in [-0.05, 0) is 23.8 Å². The van der Waals surface area contributed by atoms with Gasteiger partial charge in [-0.25, -0.2) is 0 Å². The molecule has 2 N–H and O–H groups in total. The van der Waals surface area contributed by atoms with Gasteiger partial charge in [0.15, 0.2) is 0 Å². The molecule has 0 radical (unpaired) electrons. The first-order valence-electron chi connectivity index (χ1n) is 5.88. The maximum Gasteiger partial charge on any atom is 0.246 e. The number of ether oxygens (including phenoxy) is 1. The number of rotatable bonds is 6. The van der Waals surface area contributed by atoms with Crippen LogP contribution in [0, 0.1) is 0 Å². The second kappa shape index (κ2) is 7.53. The molecule has 0 spiro atoms. The van der Waals surface area contributed by atoms with Gasteiger partial charge in [0.1, 0.15) is 5.75 Å². The van der Waals surface area contributed by atoms with E-state index in [-0.39, 0.29) is 5.91 Å². The number of carbonyl (C=O) groups is 1. The predicted molar refractivity (Wildman–Crippen MR) is 81.1 cm³/mol. The Hall–Kier alpha value is -1.88. The molecular weight excluding hydrogens is 260 g/mol. The number of nitrogens with zero attached hydrogens (tertiary/aromatic N) is 1. The lowest BCUT2D eigenvalue weighted by Crippen LogP contribution is -2.28. The van der Waals surface area contributed by atoms with Crippen molar-refractivity contribution in [1.82, 2.24) is 4.90 Å². The Morgan fingerprint density at radius 1 is 1.53 bits per heavy atom. The van der Waals surface area contributed by atoms with Crippen LogP contribution in [0.1, 0.15) is 12.0 Å². The number of thiocarbonyl (C=S) groups is 1. The minimum absolute atomic E-state index is 0.0842. The van der Waals surface area contributed by atoms with Crippen molar-refractivity contribution in [2.24, 2.45) is 5.73 Å². The Kier molecular flexibility index (Phi) is 6.02. The molecule has 0 aromatic heterocycles. The van der Waals surface area contributed by atoms with Crippen molar-refractivity contribution in [1.29, 1.82) is 0 Å². The summed E-state index contributed by atoms with van der Waals surface area (Å²) < 4.78 is 5.12. The zero-order chi connectivity index (χ0) is 14.3. The van der Waals surface area contributed by atoms with Gasteiger partial charge >= 0.3 is 0 Å². The predicted octanol–water partition coefficient (Wildman–Crippen LogP) is 1.84. The van der Waals surface area contributed by atoms with Crippen LogP contribution in [-0.4, -0.2) is 36.5 Å². The molecule has 5 heteroatoms. The number of benzene rings is 1. The number of methoxy groups -OCH3 is 1. The Labute approximate surface area is 118 Å². The van der Waals surface area contributed by atoms with Gasteiger partial charge in [0, 0.05) is 26.1 Å². The first kappa shape index (κ1) is 15.2. The Morgan fingerprint density at radius 3 is 2.89 bits per heavy atom. The SMILES string of the molecule is COc1cccc(/C=C/C(=O)N(C)CCC(N)=S)c1. The quantitative estimate of drug-likeness (QED) is 0.637. The molecule has 0 fully saturated rings. The summed E-state index contributed by atoms with van der Waals surface area (Å²) in [6.07, 6.45) is 3.81. The lowest BCUT2D eigenvalue weighted by atomic mass is 10.2. The molecule has 0 unspecified atom stereocenters. The van der Waals surface area contributed by atoms with Crippen molar-refractivity contribution < 1.29 is 9.53 Å². The number of likely N-dealkylation sites (N-methyl/N-ethyl adjacent to an activating group) is 1. The Bertz CT molecular complexity index is 486. The summed E-state index contributed by atoms with van der Waals surface area (Å²) in [5, 5.41) is 0. The fourth-order valence-electron chi connectivity index (χ4n) is 1.43.